The molecular weight excluding hydrogens is 861 g/mol. The molecule has 12 rings (SSSR count). The maximum Gasteiger partial charge on any atom is 0.101 e. The summed E-state index contributed by atoms with van der Waals surface area (Å²) in [6.07, 6.45) is 0. The second-order valence-corrected chi connectivity index (χ2v) is 19.3. The van der Waals surface area contributed by atoms with Crippen LogP contribution in [0.2, 0.25) is 0 Å². The zero-order valence-corrected chi connectivity index (χ0v) is 40.3. The Balaban J connectivity index is 1.21. The Morgan fingerprint density at radius 2 is 0.648 bits per heavy atom. The molecule has 0 aliphatic carbocycles. The standard InChI is InChI=1S/C67H48N4/c1-41-10-6-14-47(27-41)51-18-22-57-58-23-19-52(48-15-7-11-42(2)28-48)34-64(58)70(63(57)33-51)62-38-61(55-31-45(5)26-46(32-55)39-68)67(37-56(62)40-69)71-65-35-53(49-16-8-12-43(3)29-49)20-24-59(65)60-25-21-54(36-66(60)71)50-17-9-13-44(4)30-50/h6-38H,1-5H3. The average Bonchev–Trinajstić information content (AvgIpc) is 3.89. The van der Waals surface area contributed by atoms with Crippen molar-refractivity contribution in [3.8, 4) is 79.1 Å². The molecule has 4 heteroatoms. The minimum Gasteiger partial charge on any atom is -0.309 e. The molecule has 0 saturated heterocycles. The van der Waals surface area contributed by atoms with E-state index >= 15 is 0 Å². The van der Waals surface area contributed by atoms with Crippen molar-refractivity contribution in [1.29, 1.82) is 10.5 Å². The van der Waals surface area contributed by atoms with Crippen molar-refractivity contribution in [3.63, 3.8) is 0 Å². The van der Waals surface area contributed by atoms with Crippen LogP contribution in [0.1, 0.15) is 38.9 Å². The largest absolute Gasteiger partial charge is 0.309 e. The van der Waals surface area contributed by atoms with E-state index in [0.717, 1.165) is 116 Å². The lowest BCUT2D eigenvalue weighted by atomic mass is 9.96. The van der Waals surface area contributed by atoms with E-state index in [-0.39, 0.29) is 0 Å². The molecule has 10 aromatic carbocycles. The minimum absolute atomic E-state index is 0.525. The number of fused-ring (bicyclic) bond motifs is 6. The number of hydrogen-bond donors (Lipinski definition) is 0. The van der Waals surface area contributed by atoms with E-state index in [4.69, 9.17) is 0 Å². The van der Waals surface area contributed by atoms with Gasteiger partial charge in [-0.3, -0.25) is 0 Å². The molecule has 12 aromatic rings. The number of nitrogens with zero attached hydrogens (tertiary/aromatic N) is 4. The van der Waals surface area contributed by atoms with E-state index in [0.29, 0.717) is 11.1 Å². The highest BCUT2D eigenvalue weighted by molar-refractivity contribution is 6.13. The summed E-state index contributed by atoms with van der Waals surface area (Å²) in [6, 6.07) is 77.0. The van der Waals surface area contributed by atoms with Crippen LogP contribution in [0.15, 0.2) is 200 Å². The van der Waals surface area contributed by atoms with Crippen LogP contribution in [0.5, 0.6) is 0 Å². The highest BCUT2D eigenvalue weighted by Crippen LogP contribution is 2.44. The summed E-state index contributed by atoms with van der Waals surface area (Å²) in [5.41, 5.74) is 23.2. The predicted molar refractivity (Wildman–Crippen MR) is 295 cm³/mol. The summed E-state index contributed by atoms with van der Waals surface area (Å²) in [5, 5.41) is 26.5. The van der Waals surface area contributed by atoms with Crippen LogP contribution < -0.4 is 0 Å². The number of aromatic nitrogens is 2. The first-order valence-electron chi connectivity index (χ1n) is 24.2. The third-order valence-corrected chi connectivity index (χ3v) is 14.2. The third kappa shape index (κ3) is 7.55. The molecule has 0 amide bonds. The zero-order chi connectivity index (χ0) is 48.5. The van der Waals surface area contributed by atoms with Crippen LogP contribution in [0.25, 0.3) is 111 Å². The van der Waals surface area contributed by atoms with E-state index in [1.54, 1.807) is 0 Å². The number of nitriles is 2. The summed E-state index contributed by atoms with van der Waals surface area (Å²) >= 11 is 0. The molecule has 0 saturated carbocycles. The van der Waals surface area contributed by atoms with Crippen LogP contribution >= 0.6 is 0 Å². The van der Waals surface area contributed by atoms with Crippen LogP contribution in [-0.4, -0.2) is 9.13 Å². The second kappa shape index (κ2) is 17.1. The Morgan fingerprint density at radius 3 is 1.00 bits per heavy atom. The van der Waals surface area contributed by atoms with Crippen LogP contribution in [0, 0.1) is 57.3 Å². The maximum atomic E-state index is 11.6. The fourth-order valence-electron chi connectivity index (χ4n) is 10.8. The number of benzene rings is 10. The monoisotopic (exact) mass is 908 g/mol. The smallest absolute Gasteiger partial charge is 0.101 e. The van der Waals surface area contributed by atoms with Crippen molar-refractivity contribution in [1.82, 2.24) is 9.13 Å². The molecule has 0 aliphatic rings. The van der Waals surface area contributed by atoms with Crippen molar-refractivity contribution in [2.24, 2.45) is 0 Å². The topological polar surface area (TPSA) is 57.4 Å². The van der Waals surface area contributed by atoms with Crippen molar-refractivity contribution >= 4 is 43.6 Å². The molecule has 2 heterocycles. The first-order valence-corrected chi connectivity index (χ1v) is 24.2. The summed E-state index contributed by atoms with van der Waals surface area (Å²) in [4.78, 5) is 0. The Bertz CT molecular complexity index is 4050. The van der Waals surface area contributed by atoms with E-state index in [9.17, 15) is 10.5 Å². The van der Waals surface area contributed by atoms with Crippen LogP contribution in [0.4, 0.5) is 0 Å². The predicted octanol–water partition coefficient (Wildman–Crippen LogP) is 17.5. The van der Waals surface area contributed by atoms with E-state index in [1.165, 1.54) is 22.3 Å². The fourth-order valence-corrected chi connectivity index (χ4v) is 10.8. The second-order valence-electron chi connectivity index (χ2n) is 19.3. The van der Waals surface area contributed by atoms with E-state index < -0.39 is 0 Å². The molecular formula is C67H48N4. The van der Waals surface area contributed by atoms with Gasteiger partial charge in [-0.15, -0.1) is 0 Å². The Kier molecular flexibility index (Phi) is 10.4. The molecule has 0 radical (unpaired) electrons. The first-order chi connectivity index (χ1) is 34.6. The lowest BCUT2D eigenvalue weighted by Gasteiger charge is -2.20. The molecule has 336 valence electrons. The molecule has 0 spiro atoms. The third-order valence-electron chi connectivity index (χ3n) is 14.2. The summed E-state index contributed by atoms with van der Waals surface area (Å²) < 4.78 is 4.66. The first kappa shape index (κ1) is 43.1. The molecule has 0 fully saturated rings. The van der Waals surface area contributed by atoms with Gasteiger partial charge in [0.15, 0.2) is 0 Å². The molecule has 0 atom stereocenters. The molecule has 2 aromatic heterocycles. The van der Waals surface area contributed by atoms with E-state index in [1.807, 2.05) is 19.1 Å². The van der Waals surface area contributed by atoms with Crippen LogP contribution in [0.3, 0.4) is 0 Å². The van der Waals surface area contributed by atoms with Crippen molar-refractivity contribution < 1.29 is 0 Å². The summed E-state index contributed by atoms with van der Waals surface area (Å²) in [5.74, 6) is 0. The van der Waals surface area contributed by atoms with E-state index in [2.05, 4.69) is 237 Å². The molecule has 71 heavy (non-hydrogen) atoms. The lowest BCUT2D eigenvalue weighted by molar-refractivity contribution is 1.14. The van der Waals surface area contributed by atoms with Gasteiger partial charge in [-0.1, -0.05) is 174 Å². The van der Waals surface area contributed by atoms with Gasteiger partial charge in [-0.05, 0) is 139 Å². The zero-order valence-electron chi connectivity index (χ0n) is 40.3. The number of hydrogen-bond acceptors (Lipinski definition) is 2. The summed E-state index contributed by atoms with van der Waals surface area (Å²) in [6.45, 7) is 10.6. The van der Waals surface area contributed by atoms with Gasteiger partial charge >= 0.3 is 0 Å². The van der Waals surface area contributed by atoms with Gasteiger partial charge in [-0.25, -0.2) is 0 Å². The highest BCUT2D eigenvalue weighted by Gasteiger charge is 2.24. The molecule has 0 unspecified atom stereocenters. The lowest BCUT2D eigenvalue weighted by Crippen LogP contribution is -2.04. The fraction of sp³-hybridized carbons (Fsp3) is 0.0746. The van der Waals surface area contributed by atoms with Crippen molar-refractivity contribution in [2.75, 3.05) is 0 Å². The quantitative estimate of drug-likeness (QED) is 0.160. The van der Waals surface area contributed by atoms with Gasteiger partial charge in [0, 0.05) is 27.1 Å². The highest BCUT2D eigenvalue weighted by atomic mass is 15.0. The van der Waals surface area contributed by atoms with Gasteiger partial charge in [0.25, 0.3) is 0 Å². The van der Waals surface area contributed by atoms with Crippen molar-refractivity contribution in [2.45, 2.75) is 34.6 Å². The number of rotatable bonds is 7. The van der Waals surface area contributed by atoms with Gasteiger partial charge in [0.1, 0.15) is 6.07 Å². The van der Waals surface area contributed by atoms with Gasteiger partial charge < -0.3 is 9.13 Å². The average molecular weight is 909 g/mol. The molecule has 0 N–H and O–H groups in total. The molecule has 4 nitrogen and oxygen atoms in total. The maximum absolute atomic E-state index is 11.6. The van der Waals surface area contributed by atoms with Crippen molar-refractivity contribution in [3.05, 3.63) is 239 Å². The SMILES string of the molecule is Cc1cccc(-c2ccc3c4ccc(-c5cccc(C)c5)cc4n(-c4cc(-c5cc(C)cc(C#N)c5)c(-n5c6cc(-c7cccc(C)c7)ccc6c6ccc(-c7cccc(C)c7)cc65)cc4C#N)c3c2)c1. The Morgan fingerprint density at radius 1 is 0.296 bits per heavy atom. The summed E-state index contributed by atoms with van der Waals surface area (Å²) in [7, 11) is 0. The number of aryl methyl sites for hydroxylation is 5. The Labute approximate surface area is 414 Å². The Hall–Kier alpha value is -9.22. The normalized spacial score (nSPS) is 11.4. The van der Waals surface area contributed by atoms with Gasteiger partial charge in [0.2, 0.25) is 0 Å². The van der Waals surface area contributed by atoms with Gasteiger partial charge in [0.05, 0.1) is 50.6 Å². The minimum atomic E-state index is 0.525. The molecule has 0 aliphatic heterocycles. The molecule has 0 bridgehead atoms. The van der Waals surface area contributed by atoms with Gasteiger partial charge in [-0.2, -0.15) is 10.5 Å². The van der Waals surface area contributed by atoms with Crippen LogP contribution in [-0.2, 0) is 0 Å².